The number of hydrogen-bond acceptors (Lipinski definition) is 3. The van der Waals surface area contributed by atoms with Gasteiger partial charge in [0.1, 0.15) is 5.82 Å². The van der Waals surface area contributed by atoms with E-state index in [0.717, 1.165) is 29.5 Å². The quantitative estimate of drug-likeness (QED) is 0.750. The molecule has 0 amide bonds. The minimum Gasteiger partial charge on any atom is -0.493 e. The van der Waals surface area contributed by atoms with Gasteiger partial charge in [0.2, 0.25) is 5.88 Å². The highest BCUT2D eigenvalue weighted by Crippen LogP contribution is 2.58. The van der Waals surface area contributed by atoms with Gasteiger partial charge in [-0.05, 0) is 61.7 Å². The van der Waals surface area contributed by atoms with Crippen LogP contribution in [0, 0.1) is 29.6 Å². The molecule has 1 unspecified atom stereocenters. The average Bonchev–Trinajstić information content (AvgIpc) is 2.74. The van der Waals surface area contributed by atoms with Crippen LogP contribution in [0.5, 0.6) is 5.88 Å². The Hall–Kier alpha value is -1.03. The smallest absolute Gasteiger partial charge is 0.208 e. The SMILES string of the molecule is NC(c1ncc(O)[nH]1)C1C2CC3CC(C2)CC1C3. The van der Waals surface area contributed by atoms with Gasteiger partial charge in [0.05, 0.1) is 12.2 Å². The number of imidazole rings is 1. The molecule has 18 heavy (non-hydrogen) atoms. The summed E-state index contributed by atoms with van der Waals surface area (Å²) in [6.45, 7) is 0. The van der Waals surface area contributed by atoms with Crippen LogP contribution < -0.4 is 5.73 Å². The van der Waals surface area contributed by atoms with Gasteiger partial charge in [-0.2, -0.15) is 0 Å². The third kappa shape index (κ3) is 1.51. The van der Waals surface area contributed by atoms with E-state index >= 15 is 0 Å². The lowest BCUT2D eigenvalue weighted by Crippen LogP contribution is -2.48. The Labute approximate surface area is 107 Å². The molecule has 4 bridgehead atoms. The van der Waals surface area contributed by atoms with Crippen molar-refractivity contribution in [1.29, 1.82) is 0 Å². The highest BCUT2D eigenvalue weighted by atomic mass is 16.3. The number of aromatic amines is 1. The second-order valence-corrected chi connectivity index (χ2v) is 6.69. The molecule has 4 nitrogen and oxygen atoms in total. The van der Waals surface area contributed by atoms with E-state index in [4.69, 9.17) is 5.73 Å². The first kappa shape index (κ1) is 10.9. The highest BCUT2D eigenvalue weighted by molar-refractivity contribution is 5.11. The zero-order valence-electron chi connectivity index (χ0n) is 10.5. The first-order valence-electron chi connectivity index (χ1n) is 7.20. The second-order valence-electron chi connectivity index (χ2n) is 6.69. The van der Waals surface area contributed by atoms with E-state index in [0.29, 0.717) is 5.92 Å². The number of hydrogen-bond donors (Lipinski definition) is 3. The molecule has 4 N–H and O–H groups in total. The van der Waals surface area contributed by atoms with Crippen molar-refractivity contribution in [3.63, 3.8) is 0 Å². The van der Waals surface area contributed by atoms with E-state index in [9.17, 15) is 5.11 Å². The van der Waals surface area contributed by atoms with Crippen LogP contribution in [0.1, 0.15) is 44.0 Å². The third-order valence-corrected chi connectivity index (χ3v) is 5.61. The Kier molecular flexibility index (Phi) is 2.25. The maximum atomic E-state index is 9.38. The number of H-pyrrole nitrogens is 1. The van der Waals surface area contributed by atoms with Gasteiger partial charge in [0.15, 0.2) is 0 Å². The van der Waals surface area contributed by atoms with Crippen LogP contribution in [-0.4, -0.2) is 15.1 Å². The molecule has 1 aromatic rings. The molecule has 5 rings (SSSR count). The Bertz CT molecular complexity index is 428. The van der Waals surface area contributed by atoms with Crippen molar-refractivity contribution in [2.45, 2.75) is 38.1 Å². The maximum Gasteiger partial charge on any atom is 0.208 e. The van der Waals surface area contributed by atoms with Gasteiger partial charge in [0, 0.05) is 0 Å². The fraction of sp³-hybridized carbons (Fsp3) is 0.786. The number of nitrogens with zero attached hydrogens (tertiary/aromatic N) is 1. The molecule has 4 fully saturated rings. The molecule has 4 aliphatic rings. The molecule has 98 valence electrons. The van der Waals surface area contributed by atoms with Crippen molar-refractivity contribution < 1.29 is 5.11 Å². The average molecular weight is 247 g/mol. The fourth-order valence-corrected chi connectivity index (χ4v) is 5.23. The zero-order chi connectivity index (χ0) is 12.3. The van der Waals surface area contributed by atoms with Crippen LogP contribution in [0.4, 0.5) is 0 Å². The molecule has 1 heterocycles. The molecular formula is C14H21N3O. The lowest BCUT2D eigenvalue weighted by atomic mass is 9.50. The summed E-state index contributed by atoms with van der Waals surface area (Å²) in [6.07, 6.45) is 8.42. The second kappa shape index (κ2) is 3.73. The van der Waals surface area contributed by atoms with Gasteiger partial charge in [-0.15, -0.1) is 0 Å². The first-order chi connectivity index (χ1) is 8.70. The topological polar surface area (TPSA) is 74.9 Å². The number of nitrogens with one attached hydrogen (secondary N) is 1. The molecule has 4 saturated carbocycles. The van der Waals surface area contributed by atoms with Crippen molar-refractivity contribution in [2.75, 3.05) is 0 Å². The number of aromatic nitrogens is 2. The van der Waals surface area contributed by atoms with Crippen molar-refractivity contribution in [3.8, 4) is 5.88 Å². The normalized spacial score (nSPS) is 43.3. The maximum absolute atomic E-state index is 9.38. The number of aromatic hydroxyl groups is 1. The van der Waals surface area contributed by atoms with Gasteiger partial charge in [-0.25, -0.2) is 4.98 Å². The molecule has 4 aliphatic carbocycles. The minimum absolute atomic E-state index is 0.0269. The molecule has 4 heteroatoms. The summed E-state index contributed by atoms with van der Waals surface area (Å²) < 4.78 is 0. The summed E-state index contributed by atoms with van der Waals surface area (Å²) in [5.74, 6) is 5.01. The summed E-state index contributed by atoms with van der Waals surface area (Å²) in [5, 5.41) is 9.38. The number of rotatable bonds is 2. The van der Waals surface area contributed by atoms with Crippen molar-refractivity contribution in [2.24, 2.45) is 35.3 Å². The van der Waals surface area contributed by atoms with Gasteiger partial charge < -0.3 is 15.8 Å². The van der Waals surface area contributed by atoms with Gasteiger partial charge in [-0.1, -0.05) is 0 Å². The Morgan fingerprint density at radius 3 is 2.28 bits per heavy atom. The van der Waals surface area contributed by atoms with Crippen molar-refractivity contribution in [3.05, 3.63) is 12.0 Å². The molecular weight excluding hydrogens is 226 g/mol. The summed E-state index contributed by atoms with van der Waals surface area (Å²) in [4.78, 5) is 7.12. The van der Waals surface area contributed by atoms with E-state index in [1.165, 1.54) is 38.3 Å². The molecule has 0 aliphatic heterocycles. The first-order valence-corrected chi connectivity index (χ1v) is 7.20. The number of nitrogens with two attached hydrogens (primary N) is 1. The van der Waals surface area contributed by atoms with Crippen LogP contribution in [0.25, 0.3) is 0 Å². The Balaban J connectivity index is 1.61. The minimum atomic E-state index is -0.0269. The molecule has 1 atom stereocenters. The van der Waals surface area contributed by atoms with Crippen molar-refractivity contribution >= 4 is 0 Å². The van der Waals surface area contributed by atoms with Crippen molar-refractivity contribution in [1.82, 2.24) is 9.97 Å². The van der Waals surface area contributed by atoms with Gasteiger partial charge in [0.25, 0.3) is 0 Å². The van der Waals surface area contributed by atoms with E-state index in [1.54, 1.807) is 0 Å². The lowest BCUT2D eigenvalue weighted by molar-refractivity contribution is -0.0481. The molecule has 0 radical (unpaired) electrons. The van der Waals surface area contributed by atoms with E-state index in [-0.39, 0.29) is 11.9 Å². The van der Waals surface area contributed by atoms with E-state index < -0.39 is 0 Å². The van der Waals surface area contributed by atoms with Crippen LogP contribution in [0.3, 0.4) is 0 Å². The van der Waals surface area contributed by atoms with E-state index in [1.807, 2.05) is 0 Å². The van der Waals surface area contributed by atoms with Gasteiger partial charge in [-0.3, -0.25) is 0 Å². The summed E-state index contributed by atoms with van der Waals surface area (Å²) in [5.41, 5.74) is 6.43. The predicted molar refractivity (Wildman–Crippen MR) is 67.7 cm³/mol. The fourth-order valence-electron chi connectivity index (χ4n) is 5.23. The Morgan fingerprint density at radius 2 is 1.78 bits per heavy atom. The monoisotopic (exact) mass is 247 g/mol. The Morgan fingerprint density at radius 1 is 1.17 bits per heavy atom. The summed E-state index contributed by atoms with van der Waals surface area (Å²) in [7, 11) is 0. The zero-order valence-corrected chi connectivity index (χ0v) is 10.5. The molecule has 1 aromatic heterocycles. The molecule has 0 saturated heterocycles. The molecule has 0 spiro atoms. The van der Waals surface area contributed by atoms with E-state index in [2.05, 4.69) is 9.97 Å². The highest BCUT2D eigenvalue weighted by Gasteiger charge is 2.50. The summed E-state index contributed by atoms with van der Waals surface area (Å²) >= 11 is 0. The lowest BCUT2D eigenvalue weighted by Gasteiger charge is -2.55. The van der Waals surface area contributed by atoms with Crippen LogP contribution in [0.15, 0.2) is 6.20 Å². The third-order valence-electron chi connectivity index (χ3n) is 5.61. The predicted octanol–water partition coefficient (Wildman–Crippen LogP) is 2.19. The standard InChI is InChI=1S/C14H21N3O/c15-13(14-16-6-11(18)17-14)12-9-2-7-1-8(4-9)5-10(12)3-7/h6-10,12-13,18H,1-5,15H2,(H,16,17). The molecule has 0 aromatic carbocycles. The van der Waals surface area contributed by atoms with Crippen LogP contribution in [0.2, 0.25) is 0 Å². The van der Waals surface area contributed by atoms with Crippen LogP contribution >= 0.6 is 0 Å². The summed E-state index contributed by atoms with van der Waals surface area (Å²) in [6, 6.07) is -0.0269. The van der Waals surface area contributed by atoms with Gasteiger partial charge >= 0.3 is 0 Å². The van der Waals surface area contributed by atoms with Crippen LogP contribution in [-0.2, 0) is 0 Å². The largest absolute Gasteiger partial charge is 0.493 e.